The number of nitrogens with one attached hydrogen (secondary N) is 3. The fourth-order valence-electron chi connectivity index (χ4n) is 13.8. The van der Waals surface area contributed by atoms with E-state index in [-0.39, 0.29) is 12.3 Å². The van der Waals surface area contributed by atoms with Gasteiger partial charge in [-0.25, -0.2) is 4.79 Å². The highest BCUT2D eigenvalue weighted by molar-refractivity contribution is 5.77. The molecule has 28 atom stereocenters. The summed E-state index contributed by atoms with van der Waals surface area (Å²) >= 11 is 0. The number of aliphatic carboxylic acids is 1. The SMILES string of the molecule is CCCCCCCCCCCCC/C=C/[C@@H](O)[C@H](CO[C@@H]1OC(CO)[C@@H](O[C@@H]2OC(CO)[C@H](O)[C@H](O[C@@H]3OC(CO)[C@@H](O)[C@H](O[C@@H]4OC(CO[C@]5(C(=O)O)CC(O)[C@@H](NC(C)=O)C([C@H](O)[C@H](O)CO)O5)[C@H](O)[C@H](O)C4O)C3NC(C)=O)C2O)[C@H](O)C1O)NC(=O)CCCCCCCCCCCCCCC. The van der Waals surface area contributed by atoms with Crippen molar-refractivity contribution in [3.63, 3.8) is 0 Å². The Kier molecular flexibility index (Phi) is 42.5. The third kappa shape index (κ3) is 28.4. The molecule has 0 aromatic carbocycles. The van der Waals surface area contributed by atoms with E-state index in [1.54, 1.807) is 6.08 Å². The number of aliphatic hydroxyl groups excluding tert-OH is 16. The minimum atomic E-state index is -3.00. The number of aliphatic hydroxyl groups is 16. The number of unbranched alkanes of at least 4 members (excludes halogenated alkanes) is 23. The molecule has 105 heavy (non-hydrogen) atoms. The van der Waals surface area contributed by atoms with Crippen LogP contribution in [0.5, 0.6) is 0 Å². The molecular weight excluding hydrogens is 1390 g/mol. The van der Waals surface area contributed by atoms with E-state index in [1.165, 1.54) is 96.3 Å². The summed E-state index contributed by atoms with van der Waals surface area (Å²) in [4.78, 5) is 51.5. The van der Waals surface area contributed by atoms with Crippen molar-refractivity contribution in [3.8, 4) is 0 Å². The number of ether oxygens (including phenoxy) is 10. The average molecular weight is 1520 g/mol. The minimum Gasteiger partial charge on any atom is -0.477 e. The second-order valence-corrected chi connectivity index (χ2v) is 28.6. The Bertz CT molecular complexity index is 2470. The first-order valence-corrected chi connectivity index (χ1v) is 38.1. The molecule has 5 aliphatic rings. The van der Waals surface area contributed by atoms with Gasteiger partial charge in [0, 0.05) is 26.7 Å². The second kappa shape index (κ2) is 48.4. The molecule has 20 N–H and O–H groups in total. The molecule has 0 saturated carbocycles. The zero-order valence-corrected chi connectivity index (χ0v) is 61.4. The lowest BCUT2D eigenvalue weighted by atomic mass is 9.88. The van der Waals surface area contributed by atoms with Crippen molar-refractivity contribution in [1.82, 2.24) is 16.0 Å². The van der Waals surface area contributed by atoms with Crippen LogP contribution in [0.25, 0.3) is 0 Å². The quantitative estimate of drug-likeness (QED) is 0.0235. The van der Waals surface area contributed by atoms with E-state index in [1.807, 2.05) is 6.08 Å². The van der Waals surface area contributed by atoms with Gasteiger partial charge in [0.25, 0.3) is 5.79 Å². The van der Waals surface area contributed by atoms with Gasteiger partial charge in [0.15, 0.2) is 25.2 Å². The number of rotatable bonds is 50. The molecule has 0 aromatic rings. The fraction of sp³-hybridized carbons (Fsp3) is 0.915. The standard InChI is InChI=1S/C71H127N3O31/c1-5-7-9-11-13-15-17-19-21-23-25-27-29-31-43(81)42(74-50(84)32-30-28-26-24-22-20-18-16-14-12-10-8-6-2)38-96-67-60(92)58(90)62(48(37-78)100-67)102-69-61(93)65(56(88)47(36-77)99-69)104-66-52(73-41(4)80)63(55(87)46(35-76)98-66)103-68-59(91)57(89)54(86)49(101-68)39-97-71(70(94)95)33-44(82)51(72-40(3)79)64(105-71)53(85)45(83)34-75/h29,31,42-49,51-69,75-78,81-83,85-93H,5-28,30,32-39H2,1-4H3,(H,72,79)(H,73,80)(H,74,84)(H,94,95)/b31-29+/t42-,43+,44?,45+,46?,47?,48?,49?,51+,52?,53+,54-,55+,56-,57-,58+,59?,60?,61?,62+,63+,64?,65-,66-,67+,68-,69-,71+/m0/s1. The summed E-state index contributed by atoms with van der Waals surface area (Å²) in [5, 5.41) is 195. The Balaban J connectivity index is 1.27. The average Bonchev–Trinajstić information content (AvgIpc) is 0.778. The summed E-state index contributed by atoms with van der Waals surface area (Å²) in [6, 6.07) is -4.54. The largest absolute Gasteiger partial charge is 0.477 e. The molecule has 0 radical (unpaired) electrons. The number of carboxylic acids is 1. The van der Waals surface area contributed by atoms with Gasteiger partial charge < -0.3 is 150 Å². The maximum absolute atomic E-state index is 13.5. The first-order chi connectivity index (χ1) is 50.2. The first-order valence-electron chi connectivity index (χ1n) is 38.1. The maximum Gasteiger partial charge on any atom is 0.364 e. The highest BCUT2D eigenvalue weighted by Crippen LogP contribution is 2.38. The lowest BCUT2D eigenvalue weighted by Crippen LogP contribution is -2.70. The molecule has 5 rings (SSSR count). The molecule has 10 unspecified atom stereocenters. The monoisotopic (exact) mass is 1520 g/mol. The van der Waals surface area contributed by atoms with E-state index in [0.717, 1.165) is 65.2 Å². The summed E-state index contributed by atoms with van der Waals surface area (Å²) in [5.74, 6) is -7.01. The lowest BCUT2D eigenvalue weighted by Gasteiger charge is -2.50. The zero-order valence-electron chi connectivity index (χ0n) is 61.4. The predicted octanol–water partition coefficient (Wildman–Crippen LogP) is -1.82. The summed E-state index contributed by atoms with van der Waals surface area (Å²) in [7, 11) is 0. The summed E-state index contributed by atoms with van der Waals surface area (Å²) < 4.78 is 58.7. The molecule has 5 heterocycles. The normalized spacial score (nSPS) is 35.0. The van der Waals surface area contributed by atoms with Crippen LogP contribution in [0.2, 0.25) is 0 Å². The molecular formula is C71H127N3O31. The molecule has 0 bridgehead atoms. The van der Waals surface area contributed by atoms with Crippen LogP contribution in [-0.4, -0.2) is 321 Å². The van der Waals surface area contributed by atoms with Crippen LogP contribution in [-0.2, 0) is 66.5 Å². The molecule has 612 valence electrons. The van der Waals surface area contributed by atoms with Gasteiger partial charge in [0.1, 0.15) is 116 Å². The number of carbonyl (C=O) groups excluding carboxylic acids is 3. The number of hydrogen-bond acceptors (Lipinski definition) is 30. The van der Waals surface area contributed by atoms with Crippen molar-refractivity contribution < 1.29 is 153 Å². The second-order valence-electron chi connectivity index (χ2n) is 28.6. The molecule has 0 aliphatic carbocycles. The Labute approximate surface area is 614 Å². The molecule has 5 saturated heterocycles. The van der Waals surface area contributed by atoms with E-state index < -0.39 is 235 Å². The van der Waals surface area contributed by atoms with Gasteiger partial charge >= 0.3 is 5.97 Å². The van der Waals surface area contributed by atoms with Crippen LogP contribution >= 0.6 is 0 Å². The molecule has 34 heteroatoms. The Morgan fingerprint density at radius 1 is 0.505 bits per heavy atom. The molecule has 5 aliphatic heterocycles. The smallest absolute Gasteiger partial charge is 0.364 e. The van der Waals surface area contributed by atoms with Crippen LogP contribution in [0.1, 0.15) is 201 Å². The summed E-state index contributed by atoms with van der Waals surface area (Å²) in [6.45, 7) is 0.693. The third-order valence-corrected chi connectivity index (χ3v) is 20.1. The molecule has 0 spiro atoms. The van der Waals surface area contributed by atoms with Gasteiger partial charge in [-0.1, -0.05) is 167 Å². The maximum atomic E-state index is 13.5. The van der Waals surface area contributed by atoms with Crippen LogP contribution in [0.15, 0.2) is 12.2 Å². The van der Waals surface area contributed by atoms with Gasteiger partial charge in [-0.15, -0.1) is 0 Å². The minimum absolute atomic E-state index is 0.171. The number of carboxylic acid groups (broad SMARTS) is 1. The van der Waals surface area contributed by atoms with E-state index in [9.17, 15) is 106 Å². The number of hydrogen-bond donors (Lipinski definition) is 20. The van der Waals surface area contributed by atoms with Crippen molar-refractivity contribution >= 4 is 23.7 Å². The Morgan fingerprint density at radius 2 is 0.962 bits per heavy atom. The van der Waals surface area contributed by atoms with Gasteiger partial charge in [0.05, 0.1) is 63.9 Å². The van der Waals surface area contributed by atoms with Crippen LogP contribution < -0.4 is 16.0 Å². The summed E-state index contributed by atoms with van der Waals surface area (Å²) in [6.07, 6.45) is -16.8. The molecule has 5 fully saturated rings. The Morgan fingerprint density at radius 3 is 1.49 bits per heavy atom. The van der Waals surface area contributed by atoms with E-state index >= 15 is 0 Å². The van der Waals surface area contributed by atoms with Crippen molar-refractivity contribution in [2.24, 2.45) is 0 Å². The summed E-state index contributed by atoms with van der Waals surface area (Å²) in [5.41, 5.74) is 0. The number of amides is 3. The van der Waals surface area contributed by atoms with Crippen LogP contribution in [0, 0.1) is 0 Å². The van der Waals surface area contributed by atoms with Crippen molar-refractivity contribution in [1.29, 1.82) is 0 Å². The van der Waals surface area contributed by atoms with Crippen molar-refractivity contribution in [2.45, 2.75) is 372 Å². The third-order valence-electron chi connectivity index (χ3n) is 20.1. The molecule has 3 amide bonds. The van der Waals surface area contributed by atoms with Crippen molar-refractivity contribution in [2.75, 3.05) is 39.6 Å². The van der Waals surface area contributed by atoms with Gasteiger partial charge in [-0.05, 0) is 19.3 Å². The number of carbonyl (C=O) groups is 4. The Hall–Kier alpha value is -3.42. The van der Waals surface area contributed by atoms with E-state index in [4.69, 9.17) is 47.4 Å². The van der Waals surface area contributed by atoms with Crippen molar-refractivity contribution in [3.05, 3.63) is 12.2 Å². The van der Waals surface area contributed by atoms with Crippen LogP contribution in [0.4, 0.5) is 0 Å². The lowest BCUT2D eigenvalue weighted by molar-refractivity contribution is -0.382. The molecule has 0 aromatic heterocycles. The van der Waals surface area contributed by atoms with Gasteiger partial charge in [-0.2, -0.15) is 0 Å². The molecule has 34 nitrogen and oxygen atoms in total. The fourth-order valence-corrected chi connectivity index (χ4v) is 13.8. The topological polar surface area (TPSA) is 541 Å². The highest BCUT2D eigenvalue weighted by atomic mass is 16.8. The predicted molar refractivity (Wildman–Crippen MR) is 369 cm³/mol. The van der Waals surface area contributed by atoms with Gasteiger partial charge in [-0.3, -0.25) is 14.4 Å². The van der Waals surface area contributed by atoms with E-state index in [0.29, 0.717) is 12.8 Å². The zero-order chi connectivity index (χ0) is 77.3. The van der Waals surface area contributed by atoms with E-state index in [2.05, 4.69) is 29.8 Å². The first kappa shape index (κ1) is 92.2. The van der Waals surface area contributed by atoms with Crippen LogP contribution in [0.3, 0.4) is 0 Å². The highest BCUT2D eigenvalue weighted by Gasteiger charge is 2.59. The van der Waals surface area contributed by atoms with Gasteiger partial charge in [0.2, 0.25) is 17.7 Å². The number of allylic oxidation sites excluding steroid dienone is 1.